The van der Waals surface area contributed by atoms with Crippen molar-refractivity contribution in [3.63, 3.8) is 0 Å². The molecule has 0 amide bonds. The van der Waals surface area contributed by atoms with E-state index < -0.39 is 18.5 Å². The van der Waals surface area contributed by atoms with Gasteiger partial charge in [0.2, 0.25) is 0 Å². The van der Waals surface area contributed by atoms with Crippen LogP contribution in [-0.4, -0.2) is 44.3 Å². The van der Waals surface area contributed by atoms with Crippen LogP contribution in [0.3, 0.4) is 0 Å². The van der Waals surface area contributed by atoms with Crippen molar-refractivity contribution >= 4 is 24.0 Å². The van der Waals surface area contributed by atoms with Gasteiger partial charge in [0.15, 0.2) is 12.0 Å². The van der Waals surface area contributed by atoms with Crippen LogP contribution in [0.15, 0.2) is 11.3 Å². The van der Waals surface area contributed by atoms with Gasteiger partial charge in [-0.25, -0.2) is 4.79 Å². The van der Waals surface area contributed by atoms with Gasteiger partial charge in [0.05, 0.1) is 13.7 Å². The van der Waals surface area contributed by atoms with E-state index in [2.05, 4.69) is 4.74 Å². The second kappa shape index (κ2) is 8.84. The van der Waals surface area contributed by atoms with Gasteiger partial charge in [0.1, 0.15) is 24.4 Å². The van der Waals surface area contributed by atoms with Gasteiger partial charge in [-0.15, -0.1) is 0 Å². The second-order valence-electron chi connectivity index (χ2n) is 3.42. The van der Waals surface area contributed by atoms with Crippen molar-refractivity contribution in [3.05, 3.63) is 11.3 Å². The molecule has 0 aromatic carbocycles. The standard InChI is InChI=1S/C12H16O7/c1-4-18-10(9(6-13)12(16)17-3)7-19-11(15)5-8(2)14/h6H,4-5,7H2,1-3H3. The molecule has 0 aliphatic heterocycles. The van der Waals surface area contributed by atoms with E-state index in [1.807, 2.05) is 0 Å². The molecule has 0 atom stereocenters. The maximum atomic E-state index is 11.3. The lowest BCUT2D eigenvalue weighted by molar-refractivity contribution is -0.146. The van der Waals surface area contributed by atoms with Crippen LogP contribution in [0.25, 0.3) is 0 Å². The quantitative estimate of drug-likeness (QED) is 0.155. The van der Waals surface area contributed by atoms with E-state index in [9.17, 15) is 19.2 Å². The summed E-state index contributed by atoms with van der Waals surface area (Å²) >= 11 is 0. The summed E-state index contributed by atoms with van der Waals surface area (Å²) in [5, 5.41) is 0. The molecule has 0 saturated heterocycles. The molecule has 0 heterocycles. The Hall–Kier alpha value is -2.18. The number of aldehydes is 1. The van der Waals surface area contributed by atoms with E-state index in [4.69, 9.17) is 9.47 Å². The highest BCUT2D eigenvalue weighted by atomic mass is 16.6. The van der Waals surface area contributed by atoms with Gasteiger partial charge in [-0.1, -0.05) is 0 Å². The maximum absolute atomic E-state index is 11.3. The van der Waals surface area contributed by atoms with Crippen molar-refractivity contribution in [3.8, 4) is 0 Å². The zero-order valence-electron chi connectivity index (χ0n) is 11.1. The van der Waals surface area contributed by atoms with Crippen molar-refractivity contribution in [1.82, 2.24) is 0 Å². The molecule has 7 nitrogen and oxygen atoms in total. The van der Waals surface area contributed by atoms with Crippen LogP contribution in [0.1, 0.15) is 20.3 Å². The number of hydrogen-bond acceptors (Lipinski definition) is 7. The van der Waals surface area contributed by atoms with Crippen LogP contribution in [0.2, 0.25) is 0 Å². The summed E-state index contributed by atoms with van der Waals surface area (Å²) < 4.78 is 14.2. The first-order chi connectivity index (χ1) is 8.96. The molecular weight excluding hydrogens is 256 g/mol. The summed E-state index contributed by atoms with van der Waals surface area (Å²) in [5.41, 5.74) is -0.361. The summed E-state index contributed by atoms with van der Waals surface area (Å²) in [6, 6.07) is 0. The molecule has 0 aromatic heterocycles. The first-order valence-electron chi connectivity index (χ1n) is 5.50. The van der Waals surface area contributed by atoms with Crippen molar-refractivity contribution in [2.24, 2.45) is 0 Å². The molecule has 7 heteroatoms. The van der Waals surface area contributed by atoms with Crippen LogP contribution in [0.4, 0.5) is 0 Å². The lowest BCUT2D eigenvalue weighted by atomic mass is 10.2. The summed E-state index contributed by atoms with van der Waals surface area (Å²) in [6.07, 6.45) is -0.121. The van der Waals surface area contributed by atoms with Crippen LogP contribution in [0.5, 0.6) is 0 Å². The lowest BCUT2D eigenvalue weighted by Crippen LogP contribution is -2.17. The van der Waals surface area contributed by atoms with Gasteiger partial charge in [-0.3, -0.25) is 14.4 Å². The number of hydrogen-bond donors (Lipinski definition) is 0. The number of carbonyl (C=O) groups is 4. The smallest absolute Gasteiger partial charge is 0.344 e. The summed E-state index contributed by atoms with van der Waals surface area (Å²) in [4.78, 5) is 44.0. The van der Waals surface area contributed by atoms with E-state index in [0.717, 1.165) is 7.11 Å². The Labute approximate surface area is 110 Å². The number of esters is 2. The van der Waals surface area contributed by atoms with E-state index in [1.165, 1.54) is 6.92 Å². The average Bonchev–Trinajstić information content (AvgIpc) is 2.35. The van der Waals surface area contributed by atoms with Crippen LogP contribution >= 0.6 is 0 Å². The number of rotatable bonds is 8. The fourth-order valence-corrected chi connectivity index (χ4v) is 1.11. The highest BCUT2D eigenvalue weighted by Crippen LogP contribution is 2.08. The predicted molar refractivity (Wildman–Crippen MR) is 63.0 cm³/mol. The van der Waals surface area contributed by atoms with Gasteiger partial charge in [-0.2, -0.15) is 0 Å². The molecule has 0 fully saturated rings. The number of Topliss-reactive ketones (excluding diaryl/α,β-unsaturated/α-hetero) is 1. The third kappa shape index (κ3) is 6.35. The number of ketones is 1. The molecule has 0 aliphatic carbocycles. The van der Waals surface area contributed by atoms with Crippen LogP contribution in [0, 0.1) is 0 Å². The summed E-state index contributed by atoms with van der Waals surface area (Å²) in [7, 11) is 1.11. The van der Waals surface area contributed by atoms with Crippen LogP contribution < -0.4 is 0 Å². The lowest BCUT2D eigenvalue weighted by Gasteiger charge is -2.11. The zero-order chi connectivity index (χ0) is 14.8. The van der Waals surface area contributed by atoms with Gasteiger partial charge in [0, 0.05) is 0 Å². The third-order valence-corrected chi connectivity index (χ3v) is 1.90. The minimum absolute atomic E-state index is 0.110. The molecule has 0 saturated carbocycles. The van der Waals surface area contributed by atoms with Gasteiger partial charge >= 0.3 is 11.9 Å². The van der Waals surface area contributed by atoms with Gasteiger partial charge < -0.3 is 14.2 Å². The molecule has 106 valence electrons. The summed E-state index contributed by atoms with van der Waals surface area (Å²) in [5.74, 6) is -2.11. The van der Waals surface area contributed by atoms with Crippen molar-refractivity contribution < 1.29 is 33.4 Å². The molecule has 0 aromatic rings. The first kappa shape index (κ1) is 16.8. The van der Waals surface area contributed by atoms with E-state index >= 15 is 0 Å². The molecular formula is C12H16O7. The Morgan fingerprint density at radius 1 is 1.16 bits per heavy atom. The average molecular weight is 272 g/mol. The Balaban J connectivity index is 4.85. The minimum Gasteiger partial charge on any atom is -0.494 e. The largest absolute Gasteiger partial charge is 0.494 e. The zero-order valence-corrected chi connectivity index (χ0v) is 11.1. The highest BCUT2D eigenvalue weighted by Gasteiger charge is 2.18. The Bertz CT molecular complexity index is 395. The fourth-order valence-electron chi connectivity index (χ4n) is 1.11. The molecule has 0 N–H and O–H groups in total. The van der Waals surface area contributed by atoms with Crippen molar-refractivity contribution in [2.45, 2.75) is 20.3 Å². The topological polar surface area (TPSA) is 96.0 Å². The minimum atomic E-state index is -0.888. The van der Waals surface area contributed by atoms with Crippen molar-refractivity contribution in [1.29, 1.82) is 0 Å². The Morgan fingerprint density at radius 3 is 2.21 bits per heavy atom. The fraction of sp³-hybridized carbons (Fsp3) is 0.500. The molecule has 0 aliphatic rings. The van der Waals surface area contributed by atoms with E-state index in [1.54, 1.807) is 6.92 Å². The molecule has 0 unspecified atom stereocenters. The van der Waals surface area contributed by atoms with Crippen LogP contribution in [-0.2, 0) is 33.4 Å². The SMILES string of the molecule is CCOC(COC(=O)CC(C)=O)=C(C=O)C(=O)OC. The van der Waals surface area contributed by atoms with E-state index in [-0.39, 0.29) is 36.4 Å². The second-order valence-corrected chi connectivity index (χ2v) is 3.42. The number of methoxy groups -OCH3 is 1. The third-order valence-electron chi connectivity index (χ3n) is 1.90. The highest BCUT2D eigenvalue weighted by molar-refractivity contribution is 6.08. The van der Waals surface area contributed by atoms with Gasteiger partial charge in [0.25, 0.3) is 0 Å². The maximum Gasteiger partial charge on any atom is 0.344 e. The summed E-state index contributed by atoms with van der Waals surface area (Å²) in [6.45, 7) is 2.64. The van der Waals surface area contributed by atoms with Gasteiger partial charge in [-0.05, 0) is 13.8 Å². The number of carbonyl (C=O) groups excluding carboxylic acids is 4. The molecule has 0 radical (unpaired) electrons. The normalized spacial score (nSPS) is 11.1. The molecule has 0 spiro atoms. The number of ether oxygens (including phenoxy) is 3. The van der Waals surface area contributed by atoms with E-state index in [0.29, 0.717) is 0 Å². The monoisotopic (exact) mass is 272 g/mol. The molecule has 0 rings (SSSR count). The Morgan fingerprint density at radius 2 is 1.79 bits per heavy atom. The molecule has 19 heavy (non-hydrogen) atoms. The first-order valence-corrected chi connectivity index (χ1v) is 5.50. The Kier molecular flexibility index (Phi) is 7.83. The van der Waals surface area contributed by atoms with Crippen molar-refractivity contribution in [2.75, 3.05) is 20.3 Å². The predicted octanol–water partition coefficient (Wildman–Crippen LogP) is 0.171. The molecule has 0 bridgehead atoms.